The minimum absolute atomic E-state index is 0.178. The highest BCUT2D eigenvalue weighted by atomic mass is 35.5. The number of hydrogen-bond acceptors (Lipinski definition) is 4. The molecule has 0 radical (unpaired) electrons. The van der Waals surface area contributed by atoms with Gasteiger partial charge in [0.2, 0.25) is 5.91 Å². The van der Waals surface area contributed by atoms with E-state index in [1.807, 2.05) is 52.5 Å². The summed E-state index contributed by atoms with van der Waals surface area (Å²) >= 11 is 13.3. The third-order valence-electron chi connectivity index (χ3n) is 4.74. The van der Waals surface area contributed by atoms with Crippen LogP contribution in [0.1, 0.15) is 28.2 Å². The normalized spacial score (nSPS) is 12.1. The van der Waals surface area contributed by atoms with Crippen LogP contribution >= 0.6 is 34.5 Å². The van der Waals surface area contributed by atoms with E-state index in [1.165, 1.54) is 17.4 Å². The minimum atomic E-state index is -0.739. The summed E-state index contributed by atoms with van der Waals surface area (Å²) in [5.41, 5.74) is 2.02. The number of H-pyrrole nitrogens is 1. The van der Waals surface area contributed by atoms with Gasteiger partial charge in [-0.2, -0.15) is 0 Å². The van der Waals surface area contributed by atoms with Crippen molar-refractivity contribution in [1.29, 1.82) is 0 Å². The van der Waals surface area contributed by atoms with Gasteiger partial charge in [-0.1, -0.05) is 53.5 Å². The summed E-state index contributed by atoms with van der Waals surface area (Å²) in [6, 6.07) is 10.5. The fraction of sp³-hybridized carbons (Fsp3) is 0.190. The van der Waals surface area contributed by atoms with Crippen molar-refractivity contribution in [2.75, 3.05) is 0 Å². The monoisotopic (exact) mass is 475 g/mol. The molecule has 4 aromatic rings. The van der Waals surface area contributed by atoms with Crippen molar-refractivity contribution in [3.8, 4) is 0 Å². The van der Waals surface area contributed by atoms with E-state index in [-0.39, 0.29) is 28.3 Å². The largest absolute Gasteiger partial charge is 0.349 e. The lowest BCUT2D eigenvalue weighted by atomic mass is 10.0. The lowest BCUT2D eigenvalue weighted by Crippen LogP contribution is -2.47. The summed E-state index contributed by atoms with van der Waals surface area (Å²) < 4.78 is 1.90. The molecule has 3 aromatic heterocycles. The number of amides is 2. The van der Waals surface area contributed by atoms with E-state index < -0.39 is 11.9 Å². The van der Waals surface area contributed by atoms with Crippen LogP contribution in [0.5, 0.6) is 0 Å². The van der Waals surface area contributed by atoms with Crippen LogP contribution in [0.4, 0.5) is 0 Å². The van der Waals surface area contributed by atoms with Crippen LogP contribution in [0, 0.1) is 0 Å². The number of imidazole rings is 1. The Kier molecular flexibility index (Phi) is 6.60. The Hall–Kier alpha value is -2.81. The quantitative estimate of drug-likeness (QED) is 0.358. The molecule has 1 aromatic carbocycles. The number of hydrogen-bond donors (Lipinski definition) is 3. The van der Waals surface area contributed by atoms with Crippen LogP contribution < -0.4 is 10.6 Å². The highest BCUT2D eigenvalue weighted by Gasteiger charge is 2.23. The van der Waals surface area contributed by atoms with Gasteiger partial charge < -0.3 is 15.6 Å². The molecule has 1 unspecified atom stereocenters. The first-order chi connectivity index (χ1) is 15.0. The van der Waals surface area contributed by atoms with E-state index in [0.717, 1.165) is 16.2 Å². The Morgan fingerprint density at radius 2 is 2.03 bits per heavy atom. The van der Waals surface area contributed by atoms with Crippen LogP contribution in [0.2, 0.25) is 10.2 Å². The lowest BCUT2D eigenvalue weighted by Gasteiger charge is -2.18. The zero-order chi connectivity index (χ0) is 21.8. The van der Waals surface area contributed by atoms with Crippen LogP contribution in [-0.2, 0) is 17.8 Å². The minimum Gasteiger partial charge on any atom is -0.349 e. The van der Waals surface area contributed by atoms with Crippen molar-refractivity contribution in [2.24, 2.45) is 0 Å². The van der Waals surface area contributed by atoms with Gasteiger partial charge in [0.15, 0.2) is 4.96 Å². The number of benzene rings is 1. The molecule has 31 heavy (non-hydrogen) atoms. The maximum absolute atomic E-state index is 12.9. The van der Waals surface area contributed by atoms with E-state index in [1.54, 1.807) is 0 Å². The standard InChI is InChI=1S/C21H19Cl2N5O2S/c22-15-10-17(26-18(15)23)20(30)27-16(7-6-13-4-2-1-3-5-13)19(29)24-11-14-12-28-8-9-31-21(28)25-14/h1-5,8-10,12,16,26H,6-7,11H2,(H,24,29)(H,27,30). The molecule has 3 N–H and O–H groups in total. The van der Waals surface area contributed by atoms with Gasteiger partial charge in [0.1, 0.15) is 16.9 Å². The molecule has 0 saturated carbocycles. The van der Waals surface area contributed by atoms with Gasteiger partial charge in [0.05, 0.1) is 17.3 Å². The molecular weight excluding hydrogens is 457 g/mol. The Bertz CT molecular complexity index is 1150. The summed E-state index contributed by atoms with van der Waals surface area (Å²) in [5, 5.41) is 8.02. The van der Waals surface area contributed by atoms with Crippen molar-refractivity contribution in [1.82, 2.24) is 25.0 Å². The summed E-state index contributed by atoms with van der Waals surface area (Å²) in [5.74, 6) is -0.742. The van der Waals surface area contributed by atoms with E-state index in [4.69, 9.17) is 23.2 Å². The molecule has 2 amide bonds. The molecule has 0 bridgehead atoms. The fourth-order valence-electron chi connectivity index (χ4n) is 3.15. The third kappa shape index (κ3) is 5.28. The van der Waals surface area contributed by atoms with Gasteiger partial charge in [0, 0.05) is 17.8 Å². The SMILES string of the molecule is O=C(NC(CCc1ccccc1)C(=O)NCc1cn2ccsc2n1)c1cc(Cl)c(Cl)[nH]1. The van der Waals surface area contributed by atoms with Crippen LogP contribution in [0.25, 0.3) is 4.96 Å². The number of aromatic nitrogens is 3. The summed E-state index contributed by atoms with van der Waals surface area (Å²) in [7, 11) is 0. The predicted octanol–water partition coefficient (Wildman–Crippen LogP) is 4.08. The molecule has 4 rings (SSSR count). The summed E-state index contributed by atoms with van der Waals surface area (Å²) in [6.45, 7) is 0.269. The van der Waals surface area contributed by atoms with E-state index in [2.05, 4.69) is 20.6 Å². The number of rotatable bonds is 8. The first kappa shape index (κ1) is 21.4. The topological polar surface area (TPSA) is 91.3 Å². The molecule has 0 fully saturated rings. The van der Waals surface area contributed by atoms with E-state index in [0.29, 0.717) is 12.8 Å². The van der Waals surface area contributed by atoms with Crippen LogP contribution in [0.3, 0.4) is 0 Å². The molecule has 7 nitrogen and oxygen atoms in total. The van der Waals surface area contributed by atoms with Gasteiger partial charge >= 0.3 is 0 Å². The van der Waals surface area contributed by atoms with Crippen molar-refractivity contribution >= 4 is 51.3 Å². The second-order valence-corrected chi connectivity index (χ2v) is 8.60. The van der Waals surface area contributed by atoms with Gasteiger partial charge in [-0.3, -0.25) is 14.0 Å². The van der Waals surface area contributed by atoms with Gasteiger partial charge in [0.25, 0.3) is 5.91 Å². The van der Waals surface area contributed by atoms with Crippen molar-refractivity contribution in [3.63, 3.8) is 0 Å². The second-order valence-electron chi connectivity index (χ2n) is 6.94. The highest BCUT2D eigenvalue weighted by Crippen LogP contribution is 2.22. The molecule has 0 aliphatic rings. The molecule has 0 saturated heterocycles. The first-order valence-electron chi connectivity index (χ1n) is 9.57. The number of aromatic amines is 1. The molecule has 10 heteroatoms. The summed E-state index contributed by atoms with van der Waals surface area (Å²) in [6.07, 6.45) is 4.84. The number of halogens is 2. The maximum atomic E-state index is 12.9. The Morgan fingerprint density at radius 3 is 2.74 bits per heavy atom. The van der Waals surface area contributed by atoms with Crippen LogP contribution in [-0.4, -0.2) is 32.2 Å². The fourth-order valence-corrected chi connectivity index (χ4v) is 4.18. The first-order valence-corrected chi connectivity index (χ1v) is 11.2. The number of nitrogens with one attached hydrogen (secondary N) is 3. The zero-order valence-electron chi connectivity index (χ0n) is 16.3. The second kappa shape index (κ2) is 9.55. The zero-order valence-corrected chi connectivity index (χ0v) is 18.6. The Morgan fingerprint density at radius 1 is 1.23 bits per heavy atom. The van der Waals surface area contributed by atoms with Gasteiger partial charge in [-0.25, -0.2) is 4.98 Å². The number of carbonyl (C=O) groups is 2. The predicted molar refractivity (Wildman–Crippen MR) is 122 cm³/mol. The van der Waals surface area contributed by atoms with Crippen molar-refractivity contribution in [3.05, 3.63) is 81.3 Å². The summed E-state index contributed by atoms with van der Waals surface area (Å²) in [4.78, 5) is 33.6. The number of thiazole rings is 1. The Balaban J connectivity index is 1.43. The molecule has 1 atom stereocenters. The molecule has 0 spiro atoms. The number of fused-ring (bicyclic) bond motifs is 1. The van der Waals surface area contributed by atoms with Crippen LogP contribution in [0.15, 0.2) is 54.2 Å². The smallest absolute Gasteiger partial charge is 0.268 e. The molecule has 0 aliphatic heterocycles. The van der Waals surface area contributed by atoms with Gasteiger partial charge in [-0.15, -0.1) is 11.3 Å². The molecule has 160 valence electrons. The van der Waals surface area contributed by atoms with E-state index in [9.17, 15) is 9.59 Å². The lowest BCUT2D eigenvalue weighted by molar-refractivity contribution is -0.123. The highest BCUT2D eigenvalue weighted by molar-refractivity contribution is 7.15. The number of carbonyl (C=O) groups excluding carboxylic acids is 2. The average Bonchev–Trinajstić information content (AvgIpc) is 3.45. The number of nitrogens with zero attached hydrogens (tertiary/aromatic N) is 2. The van der Waals surface area contributed by atoms with Crippen molar-refractivity contribution < 1.29 is 9.59 Å². The Labute approximate surface area is 192 Å². The van der Waals surface area contributed by atoms with Crippen molar-refractivity contribution in [2.45, 2.75) is 25.4 Å². The molecule has 3 heterocycles. The third-order valence-corrected chi connectivity index (χ3v) is 6.21. The van der Waals surface area contributed by atoms with Gasteiger partial charge in [-0.05, 0) is 24.5 Å². The molecular formula is C21H19Cl2N5O2S. The number of aryl methyl sites for hydroxylation is 1. The van der Waals surface area contributed by atoms with E-state index >= 15 is 0 Å². The average molecular weight is 476 g/mol. The molecule has 0 aliphatic carbocycles. The maximum Gasteiger partial charge on any atom is 0.268 e.